The molecule has 2 rings (SSSR count). The van der Waals surface area contributed by atoms with Crippen molar-refractivity contribution >= 4 is 35.5 Å². The van der Waals surface area contributed by atoms with Gasteiger partial charge in [0.2, 0.25) is 0 Å². The first kappa shape index (κ1) is 24.7. The molecule has 0 aromatic heterocycles. The molecule has 0 radical (unpaired) electrons. The Balaban J connectivity index is 1.96. The van der Waals surface area contributed by atoms with E-state index in [2.05, 4.69) is 10.6 Å². The van der Waals surface area contributed by atoms with E-state index in [4.69, 9.17) is 21.1 Å². The zero-order valence-electron chi connectivity index (χ0n) is 17.5. The monoisotopic (exact) mass is 462 g/mol. The topological polar surface area (TPSA) is 131 Å². The summed E-state index contributed by atoms with van der Waals surface area (Å²) in [4.78, 5) is 47.4. The highest BCUT2D eigenvalue weighted by molar-refractivity contribution is 6.33. The van der Waals surface area contributed by atoms with Gasteiger partial charge in [0.25, 0.3) is 5.91 Å². The van der Waals surface area contributed by atoms with E-state index >= 15 is 0 Å². The molecule has 32 heavy (non-hydrogen) atoms. The van der Waals surface area contributed by atoms with E-state index in [-0.39, 0.29) is 29.4 Å². The summed E-state index contributed by atoms with van der Waals surface area (Å²) in [5.41, 5.74) is 0.761. The molecule has 10 heteroatoms. The number of ether oxygens (including phenoxy) is 2. The quantitative estimate of drug-likeness (QED) is 0.488. The Labute approximate surface area is 189 Å². The molecule has 2 aromatic rings. The summed E-state index contributed by atoms with van der Waals surface area (Å²) in [6, 6.07) is 10.3. The minimum Gasteiger partial charge on any atom is -0.480 e. The number of carbonyl (C=O) groups excluding carboxylic acids is 3. The van der Waals surface area contributed by atoms with Crippen LogP contribution in [0.15, 0.2) is 48.5 Å². The first-order valence-corrected chi connectivity index (χ1v) is 10.1. The largest absolute Gasteiger partial charge is 0.480 e. The Hall–Kier alpha value is -3.59. The lowest BCUT2D eigenvalue weighted by Crippen LogP contribution is -2.42. The van der Waals surface area contributed by atoms with E-state index in [1.165, 1.54) is 31.2 Å². The molecule has 0 saturated heterocycles. The molecule has 0 aliphatic rings. The summed E-state index contributed by atoms with van der Waals surface area (Å²) >= 11 is 5.99. The van der Waals surface area contributed by atoms with Gasteiger partial charge in [0, 0.05) is 6.42 Å². The van der Waals surface area contributed by atoms with Crippen molar-refractivity contribution in [3.63, 3.8) is 0 Å². The summed E-state index contributed by atoms with van der Waals surface area (Å²) < 4.78 is 9.89. The number of carboxylic acids is 1. The average molecular weight is 463 g/mol. The summed E-state index contributed by atoms with van der Waals surface area (Å²) in [6.45, 7) is 3.31. The third-order valence-electron chi connectivity index (χ3n) is 4.27. The second-order valence-electron chi connectivity index (χ2n) is 6.70. The van der Waals surface area contributed by atoms with Gasteiger partial charge in [0.1, 0.15) is 17.8 Å². The number of aliphatic carboxylic acids is 1. The van der Waals surface area contributed by atoms with Crippen LogP contribution in [0, 0.1) is 0 Å². The predicted octanol–water partition coefficient (Wildman–Crippen LogP) is 2.81. The van der Waals surface area contributed by atoms with Crippen molar-refractivity contribution in [1.82, 2.24) is 10.6 Å². The van der Waals surface area contributed by atoms with E-state index in [9.17, 15) is 24.3 Å². The van der Waals surface area contributed by atoms with Gasteiger partial charge in [0.15, 0.2) is 0 Å². The highest BCUT2D eigenvalue weighted by atomic mass is 35.5. The second-order valence-corrected chi connectivity index (χ2v) is 7.11. The third-order valence-corrected chi connectivity index (χ3v) is 4.60. The molecule has 0 bridgehead atoms. The standard InChI is InChI=1S/C22H23ClN2O7/c1-3-31-21(29)13(2)24-22(30)32-15-10-8-14(9-11-15)12-18(20(27)28)25-19(26)16-6-4-5-7-17(16)23/h4-11,13,18H,3,12H2,1-2H3,(H,24,30)(H,25,26)(H,27,28). The zero-order valence-corrected chi connectivity index (χ0v) is 18.2. The summed E-state index contributed by atoms with van der Waals surface area (Å²) in [6.07, 6.45) is -0.841. The number of carbonyl (C=O) groups is 4. The molecule has 9 nitrogen and oxygen atoms in total. The van der Waals surface area contributed by atoms with E-state index in [0.717, 1.165) is 0 Å². The number of esters is 1. The minimum absolute atomic E-state index is 0.00209. The van der Waals surface area contributed by atoms with Gasteiger partial charge in [-0.15, -0.1) is 0 Å². The number of hydrogen-bond acceptors (Lipinski definition) is 6. The molecule has 0 heterocycles. The fourth-order valence-corrected chi connectivity index (χ4v) is 2.87. The maximum atomic E-state index is 12.4. The van der Waals surface area contributed by atoms with Gasteiger partial charge in [-0.2, -0.15) is 0 Å². The summed E-state index contributed by atoms with van der Waals surface area (Å²) in [5.74, 6) is -2.21. The number of rotatable bonds is 9. The van der Waals surface area contributed by atoms with Crippen molar-refractivity contribution in [1.29, 1.82) is 0 Å². The van der Waals surface area contributed by atoms with Crippen molar-refractivity contribution in [3.8, 4) is 5.75 Å². The summed E-state index contributed by atoms with van der Waals surface area (Å²) in [5, 5.41) is 14.5. The molecule has 2 aromatic carbocycles. The van der Waals surface area contributed by atoms with E-state index in [0.29, 0.717) is 5.56 Å². The van der Waals surface area contributed by atoms with Crippen LogP contribution in [0.25, 0.3) is 0 Å². The first-order chi connectivity index (χ1) is 15.2. The second kappa shape index (κ2) is 11.7. The van der Waals surface area contributed by atoms with Crippen LogP contribution in [0.1, 0.15) is 29.8 Å². The lowest BCUT2D eigenvalue weighted by Gasteiger charge is -2.16. The van der Waals surface area contributed by atoms with Gasteiger partial charge >= 0.3 is 18.0 Å². The first-order valence-electron chi connectivity index (χ1n) is 9.73. The van der Waals surface area contributed by atoms with Crippen LogP contribution in [0.3, 0.4) is 0 Å². The van der Waals surface area contributed by atoms with Crippen LogP contribution in [0.2, 0.25) is 5.02 Å². The average Bonchev–Trinajstić information content (AvgIpc) is 2.74. The van der Waals surface area contributed by atoms with Crippen LogP contribution in [-0.4, -0.2) is 47.7 Å². The lowest BCUT2D eigenvalue weighted by atomic mass is 10.1. The van der Waals surface area contributed by atoms with Gasteiger partial charge in [-0.3, -0.25) is 4.79 Å². The van der Waals surface area contributed by atoms with Crippen molar-refractivity contribution in [3.05, 3.63) is 64.7 Å². The molecule has 2 unspecified atom stereocenters. The van der Waals surface area contributed by atoms with Crippen molar-refractivity contribution in [2.75, 3.05) is 6.61 Å². The van der Waals surface area contributed by atoms with Gasteiger partial charge in [-0.25, -0.2) is 14.4 Å². The molecular weight excluding hydrogens is 440 g/mol. The predicted molar refractivity (Wildman–Crippen MR) is 116 cm³/mol. The SMILES string of the molecule is CCOC(=O)C(C)NC(=O)Oc1ccc(CC(NC(=O)c2ccccc2Cl)C(=O)O)cc1. The number of hydrogen-bond donors (Lipinski definition) is 3. The number of halogens is 1. The molecule has 0 aliphatic carbocycles. The Morgan fingerprint density at radius 2 is 1.69 bits per heavy atom. The van der Waals surface area contributed by atoms with Crippen molar-refractivity contribution in [2.45, 2.75) is 32.4 Å². The normalized spacial score (nSPS) is 12.2. The Bertz CT molecular complexity index is 978. The molecule has 0 spiro atoms. The van der Waals surface area contributed by atoms with Crippen LogP contribution in [0.4, 0.5) is 4.79 Å². The maximum absolute atomic E-state index is 12.4. The lowest BCUT2D eigenvalue weighted by molar-refractivity contribution is -0.145. The molecule has 0 saturated carbocycles. The van der Waals surface area contributed by atoms with Crippen LogP contribution >= 0.6 is 11.6 Å². The Kier molecular flexibility index (Phi) is 9.03. The summed E-state index contributed by atoms with van der Waals surface area (Å²) in [7, 11) is 0. The van der Waals surface area contributed by atoms with Gasteiger partial charge in [0.05, 0.1) is 17.2 Å². The Morgan fingerprint density at radius 3 is 2.28 bits per heavy atom. The van der Waals surface area contributed by atoms with E-state index < -0.39 is 36.0 Å². The zero-order chi connectivity index (χ0) is 23.7. The molecule has 170 valence electrons. The number of amides is 2. The highest BCUT2D eigenvalue weighted by Gasteiger charge is 2.22. The molecule has 2 amide bonds. The smallest absolute Gasteiger partial charge is 0.413 e. The fourth-order valence-electron chi connectivity index (χ4n) is 2.65. The number of benzene rings is 2. The fraction of sp³-hybridized carbons (Fsp3) is 0.273. The maximum Gasteiger partial charge on any atom is 0.413 e. The van der Waals surface area contributed by atoms with Crippen LogP contribution in [0.5, 0.6) is 5.75 Å². The number of nitrogens with one attached hydrogen (secondary N) is 2. The minimum atomic E-state index is -1.21. The highest BCUT2D eigenvalue weighted by Crippen LogP contribution is 2.16. The van der Waals surface area contributed by atoms with Crippen LogP contribution < -0.4 is 15.4 Å². The number of carboxylic acid groups (broad SMARTS) is 1. The van der Waals surface area contributed by atoms with Gasteiger partial charge in [-0.05, 0) is 43.7 Å². The molecule has 0 fully saturated rings. The van der Waals surface area contributed by atoms with Gasteiger partial charge < -0.3 is 25.2 Å². The third kappa shape index (κ3) is 7.28. The molecular formula is C22H23ClN2O7. The van der Waals surface area contributed by atoms with Crippen LogP contribution in [-0.2, 0) is 20.7 Å². The molecule has 0 aliphatic heterocycles. The van der Waals surface area contributed by atoms with Crippen molar-refractivity contribution in [2.24, 2.45) is 0 Å². The Morgan fingerprint density at radius 1 is 1.03 bits per heavy atom. The molecule has 2 atom stereocenters. The van der Waals surface area contributed by atoms with Crippen molar-refractivity contribution < 1.29 is 33.8 Å². The van der Waals surface area contributed by atoms with E-state index in [1.54, 1.807) is 31.2 Å². The molecule has 3 N–H and O–H groups in total. The van der Waals surface area contributed by atoms with E-state index in [1.807, 2.05) is 0 Å². The van der Waals surface area contributed by atoms with Gasteiger partial charge in [-0.1, -0.05) is 35.9 Å².